The fourth-order valence-electron chi connectivity index (χ4n) is 4.91. The van der Waals surface area contributed by atoms with Gasteiger partial charge < -0.3 is 18.9 Å². The number of carbonyl (C=O) groups excluding carboxylic acids is 1. The summed E-state index contributed by atoms with van der Waals surface area (Å²) in [5, 5.41) is 0. The molecule has 4 bridgehead atoms. The van der Waals surface area contributed by atoms with Gasteiger partial charge in [-0.25, -0.2) is 4.79 Å². The van der Waals surface area contributed by atoms with E-state index in [9.17, 15) is 4.79 Å². The van der Waals surface area contributed by atoms with Gasteiger partial charge in [0.2, 0.25) is 0 Å². The van der Waals surface area contributed by atoms with E-state index in [4.69, 9.17) is 18.9 Å². The van der Waals surface area contributed by atoms with Gasteiger partial charge in [0.25, 0.3) is 0 Å². The van der Waals surface area contributed by atoms with Crippen molar-refractivity contribution in [2.24, 2.45) is 0 Å². The monoisotopic (exact) mass is 508 g/mol. The molecular weight excluding hydrogens is 464 g/mol. The van der Waals surface area contributed by atoms with E-state index in [1.165, 1.54) is 11.6 Å². The molecule has 0 unspecified atom stereocenters. The third kappa shape index (κ3) is 9.10. The highest BCUT2D eigenvalue weighted by Gasteiger charge is 2.36. The molecule has 202 valence electrons. The van der Waals surface area contributed by atoms with Crippen LogP contribution in [0, 0.1) is 0 Å². The number of rotatable bonds is 2. The van der Waals surface area contributed by atoms with Crippen LogP contribution in [0.25, 0.3) is 0 Å². The van der Waals surface area contributed by atoms with Gasteiger partial charge in [-0.05, 0) is 71.4 Å². The lowest BCUT2D eigenvalue weighted by Gasteiger charge is -2.40. The maximum absolute atomic E-state index is 12.2. The molecule has 3 rings (SSSR count). The van der Waals surface area contributed by atoms with E-state index in [0.717, 1.165) is 37.7 Å². The summed E-state index contributed by atoms with van der Waals surface area (Å²) in [7, 11) is 1.75. The molecule has 0 aliphatic carbocycles. The molecule has 4 atom stereocenters. The minimum Gasteiger partial charge on any atom is -0.460 e. The van der Waals surface area contributed by atoms with Crippen molar-refractivity contribution in [3.8, 4) is 0 Å². The SMILES string of the molecule is COC(C)(C)[C@H]1C/C=C/C=C/C(=O)O[C@H](C)CCC/C=C/C=C/[C@H]2C[C@@H](OC(C)(C)O2)c2cccc1c2. The Kier molecular flexibility index (Phi) is 10.5. The molecule has 0 amide bonds. The molecule has 0 radical (unpaired) electrons. The molecule has 1 saturated heterocycles. The van der Waals surface area contributed by atoms with Crippen LogP contribution in [-0.4, -0.2) is 36.7 Å². The lowest BCUT2D eigenvalue weighted by molar-refractivity contribution is -0.292. The molecule has 5 heteroatoms. The van der Waals surface area contributed by atoms with Crippen LogP contribution in [0.5, 0.6) is 0 Å². The van der Waals surface area contributed by atoms with Crippen molar-refractivity contribution in [2.45, 2.75) is 102 Å². The highest BCUT2D eigenvalue weighted by atomic mass is 16.7. The summed E-state index contributed by atoms with van der Waals surface area (Å²) in [6.45, 7) is 10.1. The van der Waals surface area contributed by atoms with Crippen molar-refractivity contribution in [2.75, 3.05) is 7.11 Å². The van der Waals surface area contributed by atoms with E-state index in [-0.39, 0.29) is 35.8 Å². The number of carbonyl (C=O) groups is 1. The van der Waals surface area contributed by atoms with Crippen molar-refractivity contribution in [3.05, 3.63) is 84.0 Å². The number of hydrogen-bond acceptors (Lipinski definition) is 5. The first-order valence-corrected chi connectivity index (χ1v) is 13.5. The summed E-state index contributed by atoms with van der Waals surface area (Å²) in [4.78, 5) is 12.2. The number of fused-ring (bicyclic) bond motifs is 5. The van der Waals surface area contributed by atoms with Crippen LogP contribution in [0.1, 0.15) is 89.9 Å². The normalized spacial score (nSPS) is 31.1. The first-order valence-electron chi connectivity index (χ1n) is 13.5. The Hall–Kier alpha value is -2.47. The predicted molar refractivity (Wildman–Crippen MR) is 148 cm³/mol. The molecule has 5 nitrogen and oxygen atoms in total. The highest BCUT2D eigenvalue weighted by molar-refractivity contribution is 5.82. The summed E-state index contributed by atoms with van der Waals surface area (Å²) in [5.41, 5.74) is 1.95. The van der Waals surface area contributed by atoms with E-state index in [2.05, 4.69) is 68.5 Å². The lowest BCUT2D eigenvalue weighted by Crippen LogP contribution is -2.40. The second-order valence-electron chi connectivity index (χ2n) is 10.9. The minimum atomic E-state index is -0.681. The molecule has 0 spiro atoms. The van der Waals surface area contributed by atoms with E-state index < -0.39 is 5.79 Å². The highest BCUT2D eigenvalue weighted by Crippen LogP contribution is 2.39. The fraction of sp³-hybridized carbons (Fsp3) is 0.531. The Labute approximate surface area is 223 Å². The molecule has 2 aliphatic heterocycles. The Balaban J connectivity index is 1.92. The molecule has 2 heterocycles. The van der Waals surface area contributed by atoms with Crippen LogP contribution >= 0.6 is 0 Å². The number of esters is 1. The van der Waals surface area contributed by atoms with Crippen LogP contribution < -0.4 is 0 Å². The Bertz CT molecular complexity index is 1000. The minimum absolute atomic E-state index is 0.0414. The van der Waals surface area contributed by atoms with Gasteiger partial charge in [0.1, 0.15) is 0 Å². The standard InChI is InChI=1S/C32H44O5/c1-24-16-11-8-7-9-12-19-27-23-29(37-32(4,5)36-27)26-18-15-17-25(22-26)28(31(2,3)34-6)20-13-10-14-21-30(33)35-24/h7,9-10,12-15,17-19,21-22,24,27-29H,8,11,16,20,23H2,1-6H3/b9-7+,13-10+,19-12+,21-14+/t24-,27+,28+,29-/m1/s1. The van der Waals surface area contributed by atoms with Crippen molar-refractivity contribution in [1.29, 1.82) is 0 Å². The van der Waals surface area contributed by atoms with Gasteiger partial charge in [0.15, 0.2) is 5.79 Å². The van der Waals surface area contributed by atoms with Crippen molar-refractivity contribution in [1.82, 2.24) is 0 Å². The second kappa shape index (κ2) is 13.4. The lowest BCUT2D eigenvalue weighted by atomic mass is 9.81. The van der Waals surface area contributed by atoms with E-state index in [1.54, 1.807) is 13.2 Å². The summed E-state index contributed by atoms with van der Waals surface area (Å²) in [6.07, 6.45) is 19.6. The van der Waals surface area contributed by atoms with Gasteiger partial charge >= 0.3 is 5.97 Å². The maximum atomic E-state index is 12.2. The number of cyclic esters (lactones) is 1. The molecule has 0 saturated carbocycles. The van der Waals surface area contributed by atoms with Crippen LogP contribution in [0.4, 0.5) is 0 Å². The third-order valence-electron chi connectivity index (χ3n) is 7.08. The van der Waals surface area contributed by atoms with Gasteiger partial charge in [-0.1, -0.05) is 66.8 Å². The van der Waals surface area contributed by atoms with Gasteiger partial charge in [-0.15, -0.1) is 0 Å². The predicted octanol–water partition coefficient (Wildman–Crippen LogP) is 7.51. The largest absolute Gasteiger partial charge is 0.460 e. The zero-order chi connectivity index (χ0) is 26.9. The molecule has 1 fully saturated rings. The van der Waals surface area contributed by atoms with Gasteiger partial charge in [-0.2, -0.15) is 0 Å². The molecule has 1 aromatic rings. The van der Waals surface area contributed by atoms with Crippen molar-refractivity contribution >= 4 is 5.97 Å². The summed E-state index contributed by atoms with van der Waals surface area (Å²) >= 11 is 0. The smallest absolute Gasteiger partial charge is 0.331 e. The Morgan fingerprint density at radius 2 is 1.78 bits per heavy atom. The summed E-state index contributed by atoms with van der Waals surface area (Å²) in [5.74, 6) is -0.881. The molecule has 1 aromatic carbocycles. The second-order valence-corrected chi connectivity index (χ2v) is 10.9. The van der Waals surface area contributed by atoms with Crippen molar-refractivity contribution in [3.63, 3.8) is 0 Å². The molecule has 37 heavy (non-hydrogen) atoms. The third-order valence-corrected chi connectivity index (χ3v) is 7.08. The number of benzene rings is 1. The van der Waals surface area contributed by atoms with Gasteiger partial charge in [0, 0.05) is 25.5 Å². The van der Waals surface area contributed by atoms with Crippen LogP contribution in [0.15, 0.2) is 72.9 Å². The Morgan fingerprint density at radius 1 is 1.03 bits per heavy atom. The summed E-state index contributed by atoms with van der Waals surface area (Å²) < 4.78 is 24.0. The number of allylic oxidation sites excluding steroid dienone is 6. The molecule has 0 aromatic heterocycles. The van der Waals surface area contributed by atoms with E-state index in [0.29, 0.717) is 0 Å². The molecular formula is C32H44O5. The van der Waals surface area contributed by atoms with Crippen LogP contribution in [-0.2, 0) is 23.7 Å². The van der Waals surface area contributed by atoms with Gasteiger partial charge in [-0.3, -0.25) is 0 Å². The van der Waals surface area contributed by atoms with Crippen LogP contribution in [0.2, 0.25) is 0 Å². The molecule has 0 N–H and O–H groups in total. The van der Waals surface area contributed by atoms with E-state index >= 15 is 0 Å². The number of hydrogen-bond donors (Lipinski definition) is 0. The number of methoxy groups -OCH3 is 1. The fourth-order valence-corrected chi connectivity index (χ4v) is 4.91. The quantitative estimate of drug-likeness (QED) is 0.387. The number of ether oxygens (including phenoxy) is 4. The topological polar surface area (TPSA) is 54.0 Å². The first kappa shape index (κ1) is 29.1. The zero-order valence-electron chi connectivity index (χ0n) is 23.3. The zero-order valence-corrected chi connectivity index (χ0v) is 23.3. The average molecular weight is 509 g/mol. The van der Waals surface area contributed by atoms with Gasteiger partial charge in [0.05, 0.1) is 23.9 Å². The first-order chi connectivity index (χ1) is 17.6. The Morgan fingerprint density at radius 3 is 2.57 bits per heavy atom. The maximum Gasteiger partial charge on any atom is 0.331 e. The molecule has 2 aliphatic rings. The van der Waals surface area contributed by atoms with E-state index in [1.807, 2.05) is 26.8 Å². The van der Waals surface area contributed by atoms with Crippen LogP contribution in [0.3, 0.4) is 0 Å². The average Bonchev–Trinajstić information content (AvgIpc) is 2.84. The van der Waals surface area contributed by atoms with Crippen molar-refractivity contribution < 1.29 is 23.7 Å². The summed E-state index contributed by atoms with van der Waals surface area (Å²) in [6, 6.07) is 8.63.